The third kappa shape index (κ3) is 50.1. The third-order valence-electron chi connectivity index (χ3n) is 0.533. The van der Waals surface area contributed by atoms with Gasteiger partial charge in [-0.1, -0.05) is 0 Å². The predicted octanol–water partition coefficient (Wildman–Crippen LogP) is -12.8. The molecule has 16 heteroatoms. The SMILES string of the molecule is O.O.O=C(O)C(=O)O.O=C(O)C(=O)O.O=C([O-])C(=O)[O-].[K+].[K+]. The van der Waals surface area contributed by atoms with E-state index in [1.807, 2.05) is 0 Å². The van der Waals surface area contributed by atoms with Crippen LogP contribution in [0.25, 0.3) is 0 Å². The number of rotatable bonds is 0. The second kappa shape index (κ2) is 25.9. The zero-order valence-electron chi connectivity index (χ0n) is 11.1. The summed E-state index contributed by atoms with van der Waals surface area (Å²) < 4.78 is 0. The molecule has 0 aromatic heterocycles. The van der Waals surface area contributed by atoms with Crippen molar-refractivity contribution in [2.75, 3.05) is 0 Å². The van der Waals surface area contributed by atoms with E-state index in [2.05, 4.69) is 0 Å². The van der Waals surface area contributed by atoms with E-state index < -0.39 is 35.8 Å². The molecule has 0 aromatic carbocycles. The Bertz CT molecular complexity index is 282. The van der Waals surface area contributed by atoms with E-state index in [1.165, 1.54) is 0 Å². The van der Waals surface area contributed by atoms with Gasteiger partial charge in [0.05, 0.1) is 11.9 Å². The third-order valence-corrected chi connectivity index (χ3v) is 0.533. The van der Waals surface area contributed by atoms with Gasteiger partial charge in [0.25, 0.3) is 0 Å². The topological polar surface area (TPSA) is 292 Å². The summed E-state index contributed by atoms with van der Waals surface area (Å²) in [4.78, 5) is 54.2. The van der Waals surface area contributed by atoms with E-state index in [4.69, 9.17) is 59.4 Å². The van der Waals surface area contributed by atoms with E-state index >= 15 is 0 Å². The smallest absolute Gasteiger partial charge is 0.543 e. The fourth-order valence-electron chi connectivity index (χ4n) is 0. The molecule has 22 heavy (non-hydrogen) atoms. The van der Waals surface area contributed by atoms with Gasteiger partial charge in [0, 0.05) is 0 Å². The molecule has 0 atom stereocenters. The van der Waals surface area contributed by atoms with Crippen LogP contribution in [0.1, 0.15) is 0 Å². The maximum Gasteiger partial charge on any atom is 1.00 e. The summed E-state index contributed by atoms with van der Waals surface area (Å²) in [6, 6.07) is 0. The average Bonchev–Trinajstić information content (AvgIpc) is 2.18. The van der Waals surface area contributed by atoms with E-state index in [9.17, 15) is 0 Å². The molecular formula is C6H8K2O14. The largest absolute Gasteiger partial charge is 1.00 e. The Balaban J connectivity index is -0.0000000281. The number of carbonyl (C=O) groups is 6. The summed E-state index contributed by atoms with van der Waals surface area (Å²) in [7, 11) is 0. The van der Waals surface area contributed by atoms with Crippen molar-refractivity contribution in [1.82, 2.24) is 0 Å². The molecule has 0 fully saturated rings. The summed E-state index contributed by atoms with van der Waals surface area (Å²) in [6.07, 6.45) is 0. The van der Waals surface area contributed by atoms with Gasteiger partial charge in [-0.2, -0.15) is 0 Å². The molecule has 0 aromatic rings. The Morgan fingerprint density at radius 1 is 0.500 bits per heavy atom. The van der Waals surface area contributed by atoms with Gasteiger partial charge in [-0.25, -0.2) is 19.2 Å². The Hall–Kier alpha value is 0.0127. The number of aliphatic carboxylic acids is 6. The van der Waals surface area contributed by atoms with Gasteiger partial charge in [0.2, 0.25) is 0 Å². The van der Waals surface area contributed by atoms with Crippen LogP contribution >= 0.6 is 0 Å². The van der Waals surface area contributed by atoms with Crippen LogP contribution in [0.15, 0.2) is 0 Å². The summed E-state index contributed by atoms with van der Waals surface area (Å²) in [6.45, 7) is 0. The van der Waals surface area contributed by atoms with Crippen molar-refractivity contribution >= 4 is 35.8 Å². The Kier molecular flexibility index (Phi) is 50.8. The van der Waals surface area contributed by atoms with E-state index in [0.717, 1.165) is 0 Å². The molecule has 0 aliphatic carbocycles. The van der Waals surface area contributed by atoms with Crippen molar-refractivity contribution in [1.29, 1.82) is 0 Å². The molecule has 0 heterocycles. The van der Waals surface area contributed by atoms with Crippen molar-refractivity contribution in [3.63, 3.8) is 0 Å². The molecule has 0 amide bonds. The van der Waals surface area contributed by atoms with Crippen LogP contribution in [0.2, 0.25) is 0 Å². The molecule has 0 bridgehead atoms. The maximum atomic E-state index is 9.10. The predicted molar refractivity (Wildman–Crippen MR) is 47.8 cm³/mol. The van der Waals surface area contributed by atoms with Gasteiger partial charge < -0.3 is 51.2 Å². The van der Waals surface area contributed by atoms with Crippen LogP contribution in [-0.2, 0) is 28.8 Å². The Morgan fingerprint density at radius 2 is 0.591 bits per heavy atom. The first kappa shape index (κ1) is 43.1. The molecule has 14 nitrogen and oxygen atoms in total. The van der Waals surface area contributed by atoms with Gasteiger partial charge in [-0.3, -0.25) is 0 Å². The minimum Gasteiger partial charge on any atom is -0.543 e. The van der Waals surface area contributed by atoms with Crippen LogP contribution in [0.5, 0.6) is 0 Å². The van der Waals surface area contributed by atoms with Gasteiger partial charge in [0.15, 0.2) is 0 Å². The molecule has 0 aliphatic rings. The van der Waals surface area contributed by atoms with E-state index in [1.54, 1.807) is 0 Å². The van der Waals surface area contributed by atoms with Crippen molar-refractivity contribution in [2.45, 2.75) is 0 Å². The molecule has 0 spiro atoms. The number of carbonyl (C=O) groups excluding carboxylic acids is 2. The van der Waals surface area contributed by atoms with Gasteiger partial charge in [-0.05, 0) is 0 Å². The number of carboxylic acid groups (broad SMARTS) is 6. The molecule has 0 saturated carbocycles. The Morgan fingerprint density at radius 3 is 0.591 bits per heavy atom. The second-order valence-electron chi connectivity index (χ2n) is 1.80. The minimum absolute atomic E-state index is 0. The quantitative estimate of drug-likeness (QED) is 0.224. The zero-order valence-corrected chi connectivity index (χ0v) is 17.3. The minimum atomic E-state index is -2.19. The molecule has 0 rings (SSSR count). The van der Waals surface area contributed by atoms with Gasteiger partial charge in [-0.15, -0.1) is 0 Å². The van der Waals surface area contributed by atoms with Crippen LogP contribution in [0, 0.1) is 0 Å². The molecule has 0 unspecified atom stereocenters. The summed E-state index contributed by atoms with van der Waals surface area (Å²) in [5.74, 6) is -11.7. The number of hydrogen-bond acceptors (Lipinski definition) is 8. The van der Waals surface area contributed by atoms with Gasteiger partial charge in [0.1, 0.15) is 0 Å². The first-order chi connectivity index (χ1) is 7.93. The molecule has 0 radical (unpaired) electrons. The molecule has 0 aliphatic heterocycles. The summed E-state index contributed by atoms with van der Waals surface area (Å²) >= 11 is 0. The molecule has 0 saturated heterocycles. The molecule has 8 N–H and O–H groups in total. The monoisotopic (exact) mass is 382 g/mol. The Labute approximate surface area is 205 Å². The average molecular weight is 382 g/mol. The zero-order chi connectivity index (χ0) is 15.5. The van der Waals surface area contributed by atoms with Crippen molar-refractivity contribution in [3.8, 4) is 0 Å². The van der Waals surface area contributed by atoms with Crippen LogP contribution in [0.4, 0.5) is 0 Å². The van der Waals surface area contributed by atoms with Gasteiger partial charge >= 0.3 is 127 Å². The van der Waals surface area contributed by atoms with Crippen molar-refractivity contribution in [2.24, 2.45) is 0 Å². The standard InChI is InChI=1S/3C2H2O4.2K.2H2O/c3*3-1(4)2(5)6;;;;/h3*(H,3,4)(H,5,6);;;2*1H2/q;;;2*+1;;/p-2. The second-order valence-corrected chi connectivity index (χ2v) is 1.80. The first-order valence-corrected chi connectivity index (χ1v) is 3.28. The number of hydrogen-bond donors (Lipinski definition) is 4. The van der Waals surface area contributed by atoms with Crippen molar-refractivity contribution < 1.29 is 173 Å². The fourth-order valence-corrected chi connectivity index (χ4v) is 0. The molecular weight excluding hydrogens is 374 g/mol. The number of carboxylic acids is 6. The maximum absolute atomic E-state index is 9.10. The van der Waals surface area contributed by atoms with Crippen LogP contribution in [-0.4, -0.2) is 67.2 Å². The summed E-state index contributed by atoms with van der Waals surface area (Å²) in [5.41, 5.74) is 0. The first-order valence-electron chi connectivity index (χ1n) is 3.28. The molecule has 118 valence electrons. The summed E-state index contributed by atoms with van der Waals surface area (Å²) in [5, 5.41) is 47.4. The van der Waals surface area contributed by atoms with Crippen molar-refractivity contribution in [3.05, 3.63) is 0 Å². The fraction of sp³-hybridized carbons (Fsp3) is 0. The van der Waals surface area contributed by atoms with Crippen LogP contribution < -0.4 is 113 Å². The normalized spacial score (nSPS) is 6.00. The van der Waals surface area contributed by atoms with Crippen LogP contribution in [0.3, 0.4) is 0 Å². The van der Waals surface area contributed by atoms with E-state index in [0.29, 0.717) is 0 Å². The van der Waals surface area contributed by atoms with E-state index in [-0.39, 0.29) is 114 Å².